The summed E-state index contributed by atoms with van der Waals surface area (Å²) in [5.41, 5.74) is 5.33. The predicted octanol–water partition coefficient (Wildman–Crippen LogP) is 6.27. The zero-order chi connectivity index (χ0) is 22.5. The minimum atomic E-state index is 0.558. The van der Waals surface area contributed by atoms with E-state index >= 15 is 0 Å². The van der Waals surface area contributed by atoms with Crippen molar-refractivity contribution in [1.29, 1.82) is 0 Å². The van der Waals surface area contributed by atoms with E-state index in [4.69, 9.17) is 24.7 Å². The highest BCUT2D eigenvalue weighted by Gasteiger charge is 1.96. The fraction of sp³-hybridized carbons (Fsp3) is 1.00. The molecule has 0 rings (SSSR count). The molecule has 0 aromatic carbocycles. The molecule has 2 N–H and O–H groups in total. The predicted molar refractivity (Wildman–Crippen MR) is 132 cm³/mol. The molecular weight excluding hydrogens is 390 g/mol. The Labute approximate surface area is 194 Å². The Morgan fingerprint density at radius 2 is 0.645 bits per heavy atom. The molecule has 0 fully saturated rings. The van der Waals surface area contributed by atoms with Crippen molar-refractivity contribution in [2.75, 3.05) is 59.4 Å². The lowest BCUT2D eigenvalue weighted by molar-refractivity contribution is -0.00135. The highest BCUT2D eigenvalue weighted by molar-refractivity contribution is 4.50. The lowest BCUT2D eigenvalue weighted by Gasteiger charge is -2.07. The van der Waals surface area contributed by atoms with E-state index in [0.717, 1.165) is 6.61 Å². The number of unbranched alkanes of at least 4 members (excludes halogenated alkanes) is 15. The van der Waals surface area contributed by atoms with E-state index < -0.39 is 0 Å². The zero-order valence-corrected chi connectivity index (χ0v) is 20.9. The fourth-order valence-electron chi connectivity index (χ4n) is 3.60. The maximum absolute atomic E-state index is 5.63. The van der Waals surface area contributed by atoms with Gasteiger partial charge in [0.1, 0.15) is 0 Å². The molecule has 0 aromatic rings. The van der Waals surface area contributed by atoms with Gasteiger partial charge in [0.25, 0.3) is 0 Å². The quantitative estimate of drug-likeness (QED) is 0.144. The molecule has 188 valence electrons. The van der Waals surface area contributed by atoms with Crippen LogP contribution in [0.25, 0.3) is 0 Å². The molecule has 0 aliphatic heterocycles. The van der Waals surface area contributed by atoms with E-state index in [2.05, 4.69) is 6.92 Å². The van der Waals surface area contributed by atoms with Crippen LogP contribution in [0.15, 0.2) is 0 Å². The van der Waals surface area contributed by atoms with Crippen LogP contribution in [0.2, 0.25) is 0 Å². The summed E-state index contributed by atoms with van der Waals surface area (Å²) in [7, 11) is 0. The molecule has 0 bridgehead atoms. The molecule has 0 aromatic heterocycles. The van der Waals surface area contributed by atoms with Crippen molar-refractivity contribution in [2.24, 2.45) is 5.73 Å². The number of ether oxygens (including phenoxy) is 4. The number of hydrogen-bond donors (Lipinski definition) is 1. The number of rotatable bonds is 28. The van der Waals surface area contributed by atoms with Crippen LogP contribution in [0.3, 0.4) is 0 Å². The summed E-state index contributed by atoms with van der Waals surface area (Å²) < 4.78 is 21.7. The summed E-state index contributed by atoms with van der Waals surface area (Å²) in [6.45, 7) is 8.03. The topological polar surface area (TPSA) is 62.9 Å². The highest BCUT2D eigenvalue weighted by atomic mass is 16.6. The molecule has 0 radical (unpaired) electrons. The van der Waals surface area contributed by atoms with Crippen molar-refractivity contribution in [2.45, 2.75) is 110 Å². The summed E-state index contributed by atoms with van der Waals surface area (Å²) in [4.78, 5) is 0. The molecular formula is C26H55NO4. The molecule has 5 heteroatoms. The molecule has 0 unspecified atom stereocenters. The summed E-state index contributed by atoms with van der Waals surface area (Å²) in [6.07, 6.45) is 22.4. The Morgan fingerprint density at radius 1 is 0.355 bits per heavy atom. The van der Waals surface area contributed by atoms with Crippen LogP contribution in [0.4, 0.5) is 0 Å². The van der Waals surface area contributed by atoms with Gasteiger partial charge in [0, 0.05) is 13.2 Å². The molecule has 5 nitrogen and oxygen atoms in total. The normalized spacial score (nSPS) is 11.4. The molecule has 0 saturated heterocycles. The van der Waals surface area contributed by atoms with Gasteiger partial charge in [0.15, 0.2) is 0 Å². The van der Waals surface area contributed by atoms with Gasteiger partial charge in [0.2, 0.25) is 0 Å². The molecule has 0 aliphatic carbocycles. The van der Waals surface area contributed by atoms with Crippen molar-refractivity contribution >= 4 is 0 Å². The van der Waals surface area contributed by atoms with Crippen LogP contribution in [-0.2, 0) is 18.9 Å². The Bertz CT molecular complexity index is 277. The van der Waals surface area contributed by atoms with Gasteiger partial charge >= 0.3 is 0 Å². The third-order valence-electron chi connectivity index (χ3n) is 5.52. The van der Waals surface area contributed by atoms with E-state index in [1.807, 2.05) is 0 Å². The van der Waals surface area contributed by atoms with Gasteiger partial charge in [-0.15, -0.1) is 0 Å². The van der Waals surface area contributed by atoms with E-state index in [0.29, 0.717) is 52.8 Å². The number of nitrogens with two attached hydrogens (primary N) is 1. The van der Waals surface area contributed by atoms with Crippen LogP contribution < -0.4 is 5.73 Å². The average molecular weight is 446 g/mol. The number of hydrogen-bond acceptors (Lipinski definition) is 5. The first-order chi connectivity index (χ1) is 15.4. The Kier molecular flexibility index (Phi) is 29.6. The van der Waals surface area contributed by atoms with Crippen molar-refractivity contribution in [3.05, 3.63) is 0 Å². The smallest absolute Gasteiger partial charge is 0.0701 e. The zero-order valence-electron chi connectivity index (χ0n) is 20.9. The van der Waals surface area contributed by atoms with Gasteiger partial charge in [-0.05, 0) is 6.42 Å². The van der Waals surface area contributed by atoms with Gasteiger partial charge in [0.05, 0.1) is 46.2 Å². The van der Waals surface area contributed by atoms with E-state index in [9.17, 15) is 0 Å². The second kappa shape index (κ2) is 29.8. The molecule has 0 heterocycles. The summed E-state index contributed by atoms with van der Waals surface area (Å²) in [6, 6.07) is 0. The highest BCUT2D eigenvalue weighted by Crippen LogP contribution is 2.13. The SMILES string of the molecule is CCCCCCCCCCCCCCCCCCOCCOCCOCCOCCN. The third-order valence-corrected chi connectivity index (χ3v) is 5.52. The minimum absolute atomic E-state index is 0.558. The van der Waals surface area contributed by atoms with Crippen LogP contribution in [0.1, 0.15) is 110 Å². The lowest BCUT2D eigenvalue weighted by Crippen LogP contribution is -2.14. The fourth-order valence-corrected chi connectivity index (χ4v) is 3.60. The first kappa shape index (κ1) is 30.8. The molecule has 0 spiro atoms. The third kappa shape index (κ3) is 29.8. The largest absolute Gasteiger partial charge is 0.379 e. The van der Waals surface area contributed by atoms with Crippen molar-refractivity contribution in [3.8, 4) is 0 Å². The molecule has 0 saturated carbocycles. The van der Waals surface area contributed by atoms with E-state index in [1.54, 1.807) is 0 Å². The molecule has 0 amide bonds. The Hall–Kier alpha value is -0.200. The summed E-state index contributed by atoms with van der Waals surface area (Å²) in [5.74, 6) is 0. The average Bonchev–Trinajstić information content (AvgIpc) is 2.78. The van der Waals surface area contributed by atoms with Gasteiger partial charge in [-0.2, -0.15) is 0 Å². The van der Waals surface area contributed by atoms with E-state index in [-0.39, 0.29) is 0 Å². The van der Waals surface area contributed by atoms with Gasteiger partial charge < -0.3 is 24.7 Å². The first-order valence-corrected chi connectivity index (χ1v) is 13.4. The van der Waals surface area contributed by atoms with Crippen LogP contribution in [-0.4, -0.2) is 59.4 Å². The van der Waals surface area contributed by atoms with E-state index in [1.165, 1.54) is 103 Å². The van der Waals surface area contributed by atoms with Crippen molar-refractivity contribution in [1.82, 2.24) is 0 Å². The van der Waals surface area contributed by atoms with Gasteiger partial charge in [-0.3, -0.25) is 0 Å². The maximum atomic E-state index is 5.63. The van der Waals surface area contributed by atoms with Crippen molar-refractivity contribution < 1.29 is 18.9 Å². The van der Waals surface area contributed by atoms with Gasteiger partial charge in [-0.25, -0.2) is 0 Å². The lowest BCUT2D eigenvalue weighted by atomic mass is 10.0. The molecule has 0 aliphatic rings. The minimum Gasteiger partial charge on any atom is -0.379 e. The second-order valence-corrected chi connectivity index (χ2v) is 8.54. The van der Waals surface area contributed by atoms with Crippen LogP contribution in [0, 0.1) is 0 Å². The van der Waals surface area contributed by atoms with Gasteiger partial charge in [-0.1, -0.05) is 103 Å². The summed E-state index contributed by atoms with van der Waals surface area (Å²) >= 11 is 0. The Morgan fingerprint density at radius 3 is 1.00 bits per heavy atom. The first-order valence-electron chi connectivity index (χ1n) is 13.4. The molecule has 31 heavy (non-hydrogen) atoms. The standard InChI is InChI=1S/C26H55NO4/c1-2-3-4-5-6-7-8-9-10-11-12-13-14-15-16-17-19-28-21-23-30-25-26-31-24-22-29-20-18-27/h2-27H2,1H3. The maximum Gasteiger partial charge on any atom is 0.0701 e. The second-order valence-electron chi connectivity index (χ2n) is 8.54. The van der Waals surface area contributed by atoms with Crippen molar-refractivity contribution in [3.63, 3.8) is 0 Å². The monoisotopic (exact) mass is 445 g/mol. The van der Waals surface area contributed by atoms with Crippen LogP contribution >= 0.6 is 0 Å². The molecule has 0 atom stereocenters. The Balaban J connectivity index is 2.98. The summed E-state index contributed by atoms with van der Waals surface area (Å²) in [5, 5.41) is 0. The van der Waals surface area contributed by atoms with Crippen LogP contribution in [0.5, 0.6) is 0 Å².